The number of aromatic hydroxyl groups is 1. The van der Waals surface area contributed by atoms with E-state index in [-0.39, 0.29) is 16.9 Å². The first-order valence-electron chi connectivity index (χ1n) is 6.18. The summed E-state index contributed by atoms with van der Waals surface area (Å²) in [4.78, 5) is 12.1. The van der Waals surface area contributed by atoms with Gasteiger partial charge < -0.3 is 20.3 Å². The first kappa shape index (κ1) is 13.4. The fraction of sp³-hybridized carbons (Fsp3) is 0.133. The summed E-state index contributed by atoms with van der Waals surface area (Å²) in [5, 5.41) is 23.3. The number of para-hydroxylation sites is 1. The lowest BCUT2D eigenvalue weighted by Crippen LogP contribution is -2.35. The van der Waals surface area contributed by atoms with Gasteiger partial charge in [-0.25, -0.2) is 4.39 Å². The number of amides is 1. The van der Waals surface area contributed by atoms with E-state index in [2.05, 4.69) is 5.32 Å². The second-order valence-corrected chi connectivity index (χ2v) is 4.71. The maximum atomic E-state index is 13.9. The second-order valence-electron chi connectivity index (χ2n) is 4.71. The molecule has 6 heteroatoms. The van der Waals surface area contributed by atoms with Crippen LogP contribution >= 0.6 is 0 Å². The number of phenols is 1. The summed E-state index contributed by atoms with van der Waals surface area (Å²) in [5.74, 6) is -2.13. The predicted octanol–water partition coefficient (Wildman–Crippen LogP) is 1.73. The van der Waals surface area contributed by atoms with E-state index in [4.69, 9.17) is 4.74 Å². The molecule has 1 aliphatic heterocycles. The van der Waals surface area contributed by atoms with Crippen molar-refractivity contribution in [3.8, 4) is 11.5 Å². The van der Waals surface area contributed by atoms with Gasteiger partial charge in [-0.3, -0.25) is 4.79 Å². The molecule has 0 aromatic heterocycles. The van der Waals surface area contributed by atoms with Crippen molar-refractivity contribution in [2.24, 2.45) is 0 Å². The van der Waals surface area contributed by atoms with Gasteiger partial charge in [0.1, 0.15) is 5.75 Å². The van der Waals surface area contributed by atoms with Crippen LogP contribution in [-0.2, 0) is 10.4 Å². The highest BCUT2D eigenvalue weighted by Crippen LogP contribution is 2.45. The Labute approximate surface area is 119 Å². The molecule has 0 saturated carbocycles. The van der Waals surface area contributed by atoms with E-state index in [1.54, 1.807) is 18.2 Å². The Hall–Kier alpha value is -2.60. The highest BCUT2D eigenvalue weighted by atomic mass is 19.1. The number of rotatable bonds is 2. The summed E-state index contributed by atoms with van der Waals surface area (Å²) >= 11 is 0. The lowest BCUT2D eigenvalue weighted by molar-refractivity contribution is -0.129. The lowest BCUT2D eigenvalue weighted by Gasteiger charge is -2.23. The molecule has 0 fully saturated rings. The molecule has 0 bridgehead atoms. The molecule has 1 heterocycles. The molecule has 3 N–H and O–H groups in total. The number of benzene rings is 2. The maximum absolute atomic E-state index is 13.9. The third kappa shape index (κ3) is 1.76. The van der Waals surface area contributed by atoms with Crippen LogP contribution in [0.1, 0.15) is 11.1 Å². The lowest BCUT2D eigenvalue weighted by atomic mass is 9.86. The molecule has 2 aromatic carbocycles. The standard InChI is InChI=1S/C15H12FNO4/c1-21-13-7-12(18)9(6-10(13)16)15(20)8-4-2-3-5-11(8)17-14(15)19/h2-7,18,20H,1H3,(H,17,19). The highest BCUT2D eigenvalue weighted by molar-refractivity contribution is 6.07. The van der Waals surface area contributed by atoms with Gasteiger partial charge in [0.05, 0.1) is 7.11 Å². The van der Waals surface area contributed by atoms with Gasteiger partial charge in [0.2, 0.25) is 0 Å². The molecule has 0 saturated heterocycles. The number of carbonyl (C=O) groups excluding carboxylic acids is 1. The van der Waals surface area contributed by atoms with Gasteiger partial charge in [-0.15, -0.1) is 0 Å². The van der Waals surface area contributed by atoms with Crippen LogP contribution in [0.15, 0.2) is 36.4 Å². The largest absolute Gasteiger partial charge is 0.507 e. The normalized spacial score (nSPS) is 20.0. The van der Waals surface area contributed by atoms with E-state index in [1.807, 2.05) is 0 Å². The number of anilines is 1. The number of aliphatic hydroxyl groups is 1. The highest BCUT2D eigenvalue weighted by Gasteiger charge is 2.48. The zero-order valence-corrected chi connectivity index (χ0v) is 11.1. The fourth-order valence-corrected chi connectivity index (χ4v) is 2.50. The topological polar surface area (TPSA) is 78.8 Å². The van der Waals surface area contributed by atoms with E-state index in [0.29, 0.717) is 5.69 Å². The van der Waals surface area contributed by atoms with Crippen LogP contribution in [0.5, 0.6) is 11.5 Å². The van der Waals surface area contributed by atoms with Crippen LogP contribution in [0.3, 0.4) is 0 Å². The van der Waals surface area contributed by atoms with Crippen LogP contribution in [0.2, 0.25) is 0 Å². The minimum atomic E-state index is -2.15. The summed E-state index contributed by atoms with van der Waals surface area (Å²) in [6.45, 7) is 0. The Bertz CT molecular complexity index is 746. The van der Waals surface area contributed by atoms with Crippen molar-refractivity contribution in [1.82, 2.24) is 0 Å². The Morgan fingerprint density at radius 3 is 2.67 bits per heavy atom. The minimum absolute atomic E-state index is 0.174. The number of hydrogen-bond acceptors (Lipinski definition) is 4. The average Bonchev–Trinajstić information content (AvgIpc) is 2.74. The average molecular weight is 289 g/mol. The maximum Gasteiger partial charge on any atom is 0.266 e. The number of carbonyl (C=O) groups is 1. The second kappa shape index (κ2) is 4.46. The van der Waals surface area contributed by atoms with Crippen LogP contribution < -0.4 is 10.1 Å². The van der Waals surface area contributed by atoms with E-state index >= 15 is 0 Å². The smallest absolute Gasteiger partial charge is 0.266 e. The van der Waals surface area contributed by atoms with Gasteiger partial charge in [0.15, 0.2) is 17.2 Å². The number of hydrogen-bond donors (Lipinski definition) is 3. The van der Waals surface area contributed by atoms with Crippen molar-refractivity contribution < 1.29 is 24.1 Å². The van der Waals surface area contributed by atoms with Crippen LogP contribution in [0.25, 0.3) is 0 Å². The molecule has 108 valence electrons. The first-order chi connectivity index (χ1) is 9.98. The fourth-order valence-electron chi connectivity index (χ4n) is 2.50. The van der Waals surface area contributed by atoms with Gasteiger partial charge in [0.25, 0.3) is 5.91 Å². The zero-order valence-electron chi connectivity index (χ0n) is 11.1. The summed E-state index contributed by atoms with van der Waals surface area (Å²) in [5.41, 5.74) is -1.70. The summed E-state index contributed by atoms with van der Waals surface area (Å²) in [6, 6.07) is 8.41. The third-order valence-electron chi connectivity index (χ3n) is 3.55. The minimum Gasteiger partial charge on any atom is -0.507 e. The van der Waals surface area contributed by atoms with Gasteiger partial charge in [0, 0.05) is 22.9 Å². The van der Waals surface area contributed by atoms with Crippen LogP contribution in [0, 0.1) is 5.82 Å². The number of ether oxygens (including phenoxy) is 1. The van der Waals surface area contributed by atoms with Crippen molar-refractivity contribution in [2.75, 3.05) is 12.4 Å². The van der Waals surface area contributed by atoms with Crippen molar-refractivity contribution in [1.29, 1.82) is 0 Å². The molecule has 1 amide bonds. The first-order valence-corrected chi connectivity index (χ1v) is 6.18. The molecule has 2 aromatic rings. The van der Waals surface area contributed by atoms with Crippen molar-refractivity contribution in [3.63, 3.8) is 0 Å². The van der Waals surface area contributed by atoms with Crippen molar-refractivity contribution in [3.05, 3.63) is 53.3 Å². The quantitative estimate of drug-likeness (QED) is 0.786. The molecule has 0 aliphatic carbocycles. The Kier molecular flexibility index (Phi) is 2.84. The molecule has 21 heavy (non-hydrogen) atoms. The number of fused-ring (bicyclic) bond motifs is 1. The molecular formula is C15H12FNO4. The van der Waals surface area contributed by atoms with Crippen molar-refractivity contribution >= 4 is 11.6 Å². The van der Waals surface area contributed by atoms with Gasteiger partial charge in [-0.1, -0.05) is 18.2 Å². The summed E-state index contributed by atoms with van der Waals surface area (Å²) in [6.07, 6.45) is 0. The predicted molar refractivity (Wildman–Crippen MR) is 72.7 cm³/mol. The number of halogens is 1. The molecule has 1 atom stereocenters. The third-order valence-corrected chi connectivity index (χ3v) is 3.55. The van der Waals surface area contributed by atoms with Gasteiger partial charge in [-0.2, -0.15) is 0 Å². The zero-order chi connectivity index (χ0) is 15.2. The van der Waals surface area contributed by atoms with E-state index in [9.17, 15) is 19.4 Å². The van der Waals surface area contributed by atoms with Gasteiger partial charge >= 0.3 is 0 Å². The number of phenolic OH excluding ortho intramolecular Hbond substituents is 1. The van der Waals surface area contributed by atoms with Gasteiger partial charge in [-0.05, 0) is 12.1 Å². The number of nitrogens with one attached hydrogen (secondary N) is 1. The Morgan fingerprint density at radius 1 is 1.24 bits per heavy atom. The van der Waals surface area contributed by atoms with E-state index in [0.717, 1.165) is 12.1 Å². The van der Waals surface area contributed by atoms with Crippen LogP contribution in [0.4, 0.5) is 10.1 Å². The van der Waals surface area contributed by atoms with E-state index in [1.165, 1.54) is 13.2 Å². The molecular weight excluding hydrogens is 277 g/mol. The number of methoxy groups -OCH3 is 1. The summed E-state index contributed by atoms with van der Waals surface area (Å²) < 4.78 is 18.6. The molecule has 5 nitrogen and oxygen atoms in total. The van der Waals surface area contributed by atoms with Crippen LogP contribution in [-0.4, -0.2) is 23.2 Å². The Balaban J connectivity index is 2.24. The van der Waals surface area contributed by atoms with Crippen molar-refractivity contribution in [2.45, 2.75) is 5.60 Å². The summed E-state index contributed by atoms with van der Waals surface area (Å²) in [7, 11) is 1.25. The van der Waals surface area contributed by atoms with E-state index < -0.39 is 23.1 Å². The molecule has 0 radical (unpaired) electrons. The molecule has 0 spiro atoms. The molecule has 3 rings (SSSR count). The molecule has 1 unspecified atom stereocenters. The SMILES string of the molecule is COc1cc(O)c(C2(O)C(=O)Nc3ccccc32)cc1F. The monoisotopic (exact) mass is 289 g/mol. The Morgan fingerprint density at radius 2 is 1.95 bits per heavy atom. The molecule has 1 aliphatic rings.